The highest BCUT2D eigenvalue weighted by atomic mass is 32.1. The van der Waals surface area contributed by atoms with E-state index < -0.39 is 22.8 Å². The number of aliphatic carboxylic acids is 1. The summed E-state index contributed by atoms with van der Waals surface area (Å²) in [7, 11) is 0. The minimum absolute atomic E-state index is 0.0220. The Kier molecular flexibility index (Phi) is 9.58. The van der Waals surface area contributed by atoms with Crippen LogP contribution in [0.25, 0.3) is 11.3 Å². The van der Waals surface area contributed by atoms with Crippen molar-refractivity contribution in [3.63, 3.8) is 0 Å². The first-order valence-electron chi connectivity index (χ1n) is 13.0. The molecule has 0 aliphatic carbocycles. The second-order valence-corrected chi connectivity index (χ2v) is 10.2. The number of nitrogens with one attached hydrogen (secondary N) is 1. The third-order valence-electron chi connectivity index (χ3n) is 6.37. The zero-order valence-corrected chi connectivity index (χ0v) is 22.8. The molecular formula is C30H30N4O5S. The van der Waals surface area contributed by atoms with Crippen molar-refractivity contribution < 1.29 is 19.6 Å². The first kappa shape index (κ1) is 28.4. The fourth-order valence-electron chi connectivity index (χ4n) is 4.19. The van der Waals surface area contributed by atoms with Crippen LogP contribution in [-0.4, -0.2) is 39.5 Å². The molecule has 0 saturated heterocycles. The summed E-state index contributed by atoms with van der Waals surface area (Å²) < 4.78 is 0. The second-order valence-electron chi connectivity index (χ2n) is 9.35. The van der Waals surface area contributed by atoms with Gasteiger partial charge < -0.3 is 15.3 Å². The predicted molar refractivity (Wildman–Crippen MR) is 156 cm³/mol. The molecule has 4 aromatic rings. The summed E-state index contributed by atoms with van der Waals surface area (Å²) >= 11 is 1.48. The number of nitro groups is 1. The Balaban J connectivity index is 1.45. The highest BCUT2D eigenvalue weighted by Crippen LogP contribution is 2.30. The number of nitrogens with zero attached hydrogens (tertiary/aromatic N) is 3. The number of carboxylic acids is 1. The molecule has 0 saturated carbocycles. The lowest BCUT2D eigenvalue weighted by molar-refractivity contribution is -0.384. The molecule has 1 heterocycles. The number of amides is 1. The average Bonchev–Trinajstić information content (AvgIpc) is 3.46. The summed E-state index contributed by atoms with van der Waals surface area (Å²) in [4.78, 5) is 42.2. The number of carbonyl (C=O) groups excluding carboxylic acids is 1. The summed E-state index contributed by atoms with van der Waals surface area (Å²) in [6, 6.07) is 21.7. The van der Waals surface area contributed by atoms with Crippen molar-refractivity contribution in [1.29, 1.82) is 0 Å². The van der Waals surface area contributed by atoms with E-state index in [1.165, 1.54) is 23.5 Å². The predicted octanol–water partition coefficient (Wildman–Crippen LogP) is 5.95. The van der Waals surface area contributed by atoms with Crippen LogP contribution < -0.4 is 10.2 Å². The van der Waals surface area contributed by atoms with Gasteiger partial charge in [0.15, 0.2) is 5.13 Å². The minimum atomic E-state index is -1.09. The van der Waals surface area contributed by atoms with Gasteiger partial charge in [-0.1, -0.05) is 67.9 Å². The van der Waals surface area contributed by atoms with Gasteiger partial charge >= 0.3 is 5.97 Å². The van der Waals surface area contributed by atoms with E-state index in [4.69, 9.17) is 4.98 Å². The SMILES string of the molecule is CCCCN(Cc1ccc(C(=O)NC(Cc2ccccc2)C(=O)O)cc1)c1nc(-c2cccc([N+](=O)[O-])c2)cs1. The van der Waals surface area contributed by atoms with Crippen LogP contribution in [0.2, 0.25) is 0 Å². The van der Waals surface area contributed by atoms with Crippen LogP contribution in [0, 0.1) is 10.1 Å². The standard InChI is InChI=1S/C30H30N4O5S/c1-2-3-16-33(30-32-27(20-40-30)24-10-7-11-25(18-24)34(38)39)19-22-12-14-23(15-13-22)28(35)31-26(29(36)37)17-21-8-5-4-6-9-21/h4-15,18,20,26H,2-3,16-17,19H2,1H3,(H,31,35)(H,36,37). The number of carbonyl (C=O) groups is 2. The summed E-state index contributed by atoms with van der Waals surface area (Å²) in [5, 5.41) is 26.1. The second kappa shape index (κ2) is 13.5. The summed E-state index contributed by atoms with van der Waals surface area (Å²) in [6.45, 7) is 3.46. The highest BCUT2D eigenvalue weighted by Gasteiger charge is 2.21. The number of aromatic nitrogens is 1. The number of rotatable bonds is 13. The quantitative estimate of drug-likeness (QED) is 0.153. The molecule has 0 fully saturated rings. The maximum atomic E-state index is 12.8. The Morgan fingerprint density at radius 3 is 2.48 bits per heavy atom. The van der Waals surface area contributed by atoms with Crippen molar-refractivity contribution >= 4 is 34.0 Å². The Morgan fingerprint density at radius 1 is 1.05 bits per heavy atom. The van der Waals surface area contributed by atoms with Gasteiger partial charge in [-0.3, -0.25) is 14.9 Å². The van der Waals surface area contributed by atoms with Crippen LogP contribution in [0.1, 0.15) is 41.3 Å². The number of carboxylic acid groups (broad SMARTS) is 1. The zero-order chi connectivity index (χ0) is 28.5. The van der Waals surface area contributed by atoms with E-state index >= 15 is 0 Å². The van der Waals surface area contributed by atoms with Gasteiger partial charge in [-0.05, 0) is 29.7 Å². The van der Waals surface area contributed by atoms with Crippen molar-refractivity contribution in [2.24, 2.45) is 0 Å². The largest absolute Gasteiger partial charge is 0.480 e. The lowest BCUT2D eigenvalue weighted by atomic mass is 10.1. The summed E-state index contributed by atoms with van der Waals surface area (Å²) in [6.07, 6.45) is 2.16. The van der Waals surface area contributed by atoms with E-state index in [-0.39, 0.29) is 12.1 Å². The van der Waals surface area contributed by atoms with E-state index in [0.717, 1.165) is 35.6 Å². The van der Waals surface area contributed by atoms with Gasteiger partial charge in [-0.2, -0.15) is 0 Å². The molecule has 4 rings (SSSR count). The first-order valence-corrected chi connectivity index (χ1v) is 13.8. The maximum Gasteiger partial charge on any atom is 0.326 e. The van der Waals surface area contributed by atoms with Crippen molar-refractivity contribution in [1.82, 2.24) is 10.3 Å². The van der Waals surface area contributed by atoms with Crippen LogP contribution in [-0.2, 0) is 17.8 Å². The lowest BCUT2D eigenvalue weighted by Gasteiger charge is -2.22. The number of benzene rings is 3. The molecule has 10 heteroatoms. The molecule has 0 aliphatic heterocycles. The van der Waals surface area contributed by atoms with Gasteiger partial charge in [0.2, 0.25) is 0 Å². The van der Waals surface area contributed by atoms with Gasteiger partial charge in [0.1, 0.15) is 6.04 Å². The molecule has 9 nitrogen and oxygen atoms in total. The van der Waals surface area contributed by atoms with Crippen LogP contribution in [0.3, 0.4) is 0 Å². The molecule has 1 amide bonds. The Labute approximate surface area is 236 Å². The lowest BCUT2D eigenvalue weighted by Crippen LogP contribution is -2.42. The fraction of sp³-hybridized carbons (Fsp3) is 0.233. The molecule has 0 bridgehead atoms. The molecule has 40 heavy (non-hydrogen) atoms. The molecular weight excluding hydrogens is 528 g/mol. The van der Waals surface area contributed by atoms with Crippen molar-refractivity contribution in [3.05, 3.63) is 111 Å². The molecule has 0 aliphatic rings. The highest BCUT2D eigenvalue weighted by molar-refractivity contribution is 7.14. The van der Waals surface area contributed by atoms with Gasteiger partial charge in [-0.25, -0.2) is 9.78 Å². The Bertz CT molecular complexity index is 1460. The van der Waals surface area contributed by atoms with Gasteiger partial charge in [0.25, 0.3) is 11.6 Å². The van der Waals surface area contributed by atoms with Crippen LogP contribution in [0.15, 0.2) is 84.2 Å². The van der Waals surface area contributed by atoms with E-state index in [1.54, 1.807) is 24.3 Å². The Hall–Kier alpha value is -4.57. The number of unbranched alkanes of at least 4 members (excludes halogenated alkanes) is 1. The molecule has 2 N–H and O–H groups in total. The molecule has 3 aromatic carbocycles. The van der Waals surface area contributed by atoms with Crippen molar-refractivity contribution in [2.75, 3.05) is 11.4 Å². The molecule has 1 atom stereocenters. The zero-order valence-electron chi connectivity index (χ0n) is 22.0. The van der Waals surface area contributed by atoms with Crippen molar-refractivity contribution in [2.45, 2.75) is 38.8 Å². The topological polar surface area (TPSA) is 126 Å². The maximum absolute atomic E-state index is 12.8. The minimum Gasteiger partial charge on any atom is -0.480 e. The van der Waals surface area contributed by atoms with E-state index in [0.29, 0.717) is 23.4 Å². The summed E-state index contributed by atoms with van der Waals surface area (Å²) in [5.41, 5.74) is 3.57. The first-order chi connectivity index (χ1) is 19.3. The smallest absolute Gasteiger partial charge is 0.326 e. The van der Waals surface area contributed by atoms with E-state index in [1.807, 2.05) is 47.8 Å². The van der Waals surface area contributed by atoms with Crippen LogP contribution in [0.4, 0.5) is 10.8 Å². The summed E-state index contributed by atoms with van der Waals surface area (Å²) in [5.74, 6) is -1.53. The van der Waals surface area contributed by atoms with Crippen LogP contribution >= 0.6 is 11.3 Å². The Morgan fingerprint density at radius 2 is 1.80 bits per heavy atom. The molecule has 206 valence electrons. The molecule has 0 spiro atoms. The number of anilines is 1. The van der Waals surface area contributed by atoms with Crippen LogP contribution in [0.5, 0.6) is 0 Å². The normalized spacial score (nSPS) is 11.5. The van der Waals surface area contributed by atoms with Gasteiger partial charge in [0, 0.05) is 48.2 Å². The van der Waals surface area contributed by atoms with E-state index in [9.17, 15) is 24.8 Å². The third kappa shape index (κ3) is 7.51. The third-order valence-corrected chi connectivity index (χ3v) is 7.27. The van der Waals surface area contributed by atoms with Crippen molar-refractivity contribution in [3.8, 4) is 11.3 Å². The monoisotopic (exact) mass is 558 g/mol. The van der Waals surface area contributed by atoms with E-state index in [2.05, 4.69) is 17.1 Å². The number of nitro benzene ring substituents is 1. The molecule has 1 aromatic heterocycles. The van der Waals surface area contributed by atoms with Gasteiger partial charge in [-0.15, -0.1) is 11.3 Å². The number of thiazole rings is 1. The van der Waals surface area contributed by atoms with Gasteiger partial charge in [0.05, 0.1) is 10.6 Å². The number of hydrogen-bond donors (Lipinski definition) is 2. The number of non-ortho nitro benzene ring substituents is 1. The molecule has 0 radical (unpaired) electrons. The number of hydrogen-bond acceptors (Lipinski definition) is 7. The fourth-order valence-corrected chi connectivity index (χ4v) is 5.05. The average molecular weight is 559 g/mol. The molecule has 1 unspecified atom stereocenters.